The fourth-order valence-electron chi connectivity index (χ4n) is 1.62. The Morgan fingerprint density at radius 3 is 2.60 bits per heavy atom. The second-order valence-corrected chi connectivity index (χ2v) is 4.89. The Bertz CT molecular complexity index is 328. The quantitative estimate of drug-likeness (QED) is 0.736. The highest BCUT2D eigenvalue weighted by Crippen LogP contribution is 2.32. The zero-order valence-corrected chi connectivity index (χ0v) is 10.6. The molecule has 1 unspecified atom stereocenters. The lowest BCUT2D eigenvalue weighted by Gasteiger charge is -2.18. The molecule has 0 bridgehead atoms. The molecule has 84 valence electrons. The fourth-order valence-corrected chi connectivity index (χ4v) is 2.80. The zero-order chi connectivity index (χ0) is 11.4. The van der Waals surface area contributed by atoms with Crippen LogP contribution in [0.1, 0.15) is 37.1 Å². The van der Waals surface area contributed by atoms with E-state index >= 15 is 0 Å². The van der Waals surface area contributed by atoms with Gasteiger partial charge >= 0.3 is 5.97 Å². The first kappa shape index (κ1) is 12.2. The van der Waals surface area contributed by atoms with Crippen LogP contribution in [0.4, 0.5) is 0 Å². The van der Waals surface area contributed by atoms with Gasteiger partial charge in [0.15, 0.2) is 0 Å². The summed E-state index contributed by atoms with van der Waals surface area (Å²) in [6, 6.07) is 2.05. The van der Waals surface area contributed by atoms with E-state index in [1.807, 2.05) is 19.2 Å². The molecule has 1 aromatic heterocycles. The maximum Gasteiger partial charge on any atom is 0.314 e. The molecular formula is C12H18O2S. The first-order chi connectivity index (χ1) is 7.07. The molecule has 0 N–H and O–H groups in total. The Hall–Kier alpha value is -0.830. The van der Waals surface area contributed by atoms with Crippen LogP contribution < -0.4 is 0 Å². The van der Waals surface area contributed by atoms with Crippen molar-refractivity contribution >= 4 is 17.3 Å². The third-order valence-electron chi connectivity index (χ3n) is 2.39. The smallest absolute Gasteiger partial charge is 0.314 e. The monoisotopic (exact) mass is 226 g/mol. The minimum Gasteiger partial charge on any atom is -0.465 e. The molecule has 1 aromatic rings. The summed E-state index contributed by atoms with van der Waals surface area (Å²) in [5, 5.41) is 2.03. The highest BCUT2D eigenvalue weighted by atomic mass is 32.1. The number of aryl methyl sites for hydroxylation is 1. The minimum absolute atomic E-state index is 0.0990. The molecule has 0 aliphatic heterocycles. The molecule has 0 fully saturated rings. The van der Waals surface area contributed by atoms with E-state index in [0.717, 1.165) is 4.88 Å². The lowest BCUT2D eigenvalue weighted by molar-refractivity contribution is -0.146. The Kier molecular flexibility index (Phi) is 4.33. The summed E-state index contributed by atoms with van der Waals surface area (Å²) in [7, 11) is 0. The Balaban J connectivity index is 2.93. The number of rotatable bonds is 4. The van der Waals surface area contributed by atoms with Crippen LogP contribution in [0.2, 0.25) is 0 Å². The van der Waals surface area contributed by atoms with Crippen molar-refractivity contribution in [2.24, 2.45) is 5.92 Å². The molecule has 0 aliphatic carbocycles. The van der Waals surface area contributed by atoms with Crippen molar-refractivity contribution in [2.45, 2.75) is 33.6 Å². The summed E-state index contributed by atoms with van der Waals surface area (Å²) in [6.45, 7) is 8.45. The molecule has 1 heterocycles. The number of esters is 1. The van der Waals surface area contributed by atoms with Gasteiger partial charge in [-0.1, -0.05) is 13.8 Å². The van der Waals surface area contributed by atoms with Crippen molar-refractivity contribution in [3.8, 4) is 0 Å². The molecule has 0 spiro atoms. The summed E-state index contributed by atoms with van der Waals surface area (Å²) in [4.78, 5) is 13.0. The molecule has 1 atom stereocenters. The van der Waals surface area contributed by atoms with Gasteiger partial charge < -0.3 is 4.74 Å². The first-order valence-corrected chi connectivity index (χ1v) is 6.16. The Labute approximate surface area is 95.3 Å². The second kappa shape index (κ2) is 5.31. The van der Waals surface area contributed by atoms with Gasteiger partial charge in [-0.05, 0) is 36.8 Å². The van der Waals surface area contributed by atoms with Crippen molar-refractivity contribution in [1.82, 2.24) is 0 Å². The lowest BCUT2D eigenvalue weighted by atomic mass is 9.92. The molecule has 0 amide bonds. The zero-order valence-electron chi connectivity index (χ0n) is 9.74. The van der Waals surface area contributed by atoms with Gasteiger partial charge in [0, 0.05) is 4.88 Å². The molecule has 0 saturated heterocycles. The molecule has 0 aromatic carbocycles. The minimum atomic E-state index is -0.107. The maximum absolute atomic E-state index is 11.8. The van der Waals surface area contributed by atoms with Crippen LogP contribution in [0.5, 0.6) is 0 Å². The highest BCUT2D eigenvalue weighted by Gasteiger charge is 2.27. The average molecular weight is 226 g/mol. The normalized spacial score (nSPS) is 12.9. The highest BCUT2D eigenvalue weighted by molar-refractivity contribution is 7.10. The SMILES string of the molecule is CCOC(=O)C(c1sccc1C)C(C)C. The van der Waals surface area contributed by atoms with Crippen LogP contribution in [0.3, 0.4) is 0 Å². The summed E-state index contributed by atoms with van der Waals surface area (Å²) in [5.74, 6) is 0.0735. The van der Waals surface area contributed by atoms with Gasteiger partial charge in [-0.2, -0.15) is 0 Å². The summed E-state index contributed by atoms with van der Waals surface area (Å²) >= 11 is 1.64. The number of thiophene rings is 1. The molecule has 0 aliphatic rings. The van der Waals surface area contributed by atoms with E-state index < -0.39 is 0 Å². The number of hydrogen-bond acceptors (Lipinski definition) is 3. The summed E-state index contributed by atoms with van der Waals surface area (Å²) in [5.41, 5.74) is 1.19. The predicted molar refractivity (Wildman–Crippen MR) is 63.3 cm³/mol. The van der Waals surface area contributed by atoms with Crippen LogP contribution in [-0.4, -0.2) is 12.6 Å². The predicted octanol–water partition coefficient (Wildman–Crippen LogP) is 3.36. The lowest BCUT2D eigenvalue weighted by Crippen LogP contribution is -2.20. The molecule has 0 radical (unpaired) electrons. The van der Waals surface area contributed by atoms with Crippen LogP contribution in [0, 0.1) is 12.8 Å². The van der Waals surface area contributed by atoms with E-state index in [9.17, 15) is 4.79 Å². The second-order valence-electron chi connectivity index (χ2n) is 3.94. The Morgan fingerprint density at radius 2 is 2.20 bits per heavy atom. The largest absolute Gasteiger partial charge is 0.465 e. The summed E-state index contributed by atoms with van der Waals surface area (Å²) < 4.78 is 5.11. The van der Waals surface area contributed by atoms with Gasteiger partial charge in [0.25, 0.3) is 0 Å². The average Bonchev–Trinajstić information content (AvgIpc) is 2.52. The molecule has 0 saturated carbocycles. The van der Waals surface area contributed by atoms with E-state index in [-0.39, 0.29) is 17.8 Å². The van der Waals surface area contributed by atoms with Crippen molar-refractivity contribution in [3.63, 3.8) is 0 Å². The van der Waals surface area contributed by atoms with Crippen LogP contribution >= 0.6 is 11.3 Å². The molecule has 2 nitrogen and oxygen atoms in total. The number of ether oxygens (including phenoxy) is 1. The standard InChI is InChI=1S/C12H18O2S/c1-5-14-12(13)10(8(2)3)11-9(4)6-7-15-11/h6-8,10H,5H2,1-4H3. The molecule has 3 heteroatoms. The first-order valence-electron chi connectivity index (χ1n) is 5.28. The number of carbonyl (C=O) groups is 1. The molecule has 1 rings (SSSR count). The molecule has 15 heavy (non-hydrogen) atoms. The topological polar surface area (TPSA) is 26.3 Å². The third-order valence-corrected chi connectivity index (χ3v) is 3.49. The van der Waals surface area contributed by atoms with Gasteiger partial charge in [-0.25, -0.2) is 0 Å². The molecular weight excluding hydrogens is 208 g/mol. The third kappa shape index (κ3) is 2.81. The van der Waals surface area contributed by atoms with Crippen molar-refractivity contribution in [1.29, 1.82) is 0 Å². The fraction of sp³-hybridized carbons (Fsp3) is 0.583. The van der Waals surface area contributed by atoms with E-state index in [4.69, 9.17) is 4.74 Å². The van der Waals surface area contributed by atoms with Gasteiger partial charge in [-0.15, -0.1) is 11.3 Å². The van der Waals surface area contributed by atoms with E-state index in [2.05, 4.69) is 19.9 Å². The number of carbonyl (C=O) groups excluding carboxylic acids is 1. The van der Waals surface area contributed by atoms with Crippen LogP contribution in [0.15, 0.2) is 11.4 Å². The maximum atomic E-state index is 11.8. The Morgan fingerprint density at radius 1 is 1.53 bits per heavy atom. The van der Waals surface area contributed by atoms with E-state index in [1.54, 1.807) is 11.3 Å². The van der Waals surface area contributed by atoms with Gasteiger partial charge in [0.2, 0.25) is 0 Å². The van der Waals surface area contributed by atoms with Crippen molar-refractivity contribution in [3.05, 3.63) is 21.9 Å². The van der Waals surface area contributed by atoms with Gasteiger partial charge in [0.1, 0.15) is 0 Å². The van der Waals surface area contributed by atoms with E-state index in [0.29, 0.717) is 6.61 Å². The van der Waals surface area contributed by atoms with Crippen molar-refractivity contribution < 1.29 is 9.53 Å². The van der Waals surface area contributed by atoms with Gasteiger partial charge in [-0.3, -0.25) is 4.79 Å². The van der Waals surface area contributed by atoms with Crippen LogP contribution in [0.25, 0.3) is 0 Å². The summed E-state index contributed by atoms with van der Waals surface area (Å²) in [6.07, 6.45) is 0. The van der Waals surface area contributed by atoms with Crippen molar-refractivity contribution in [2.75, 3.05) is 6.61 Å². The van der Waals surface area contributed by atoms with Gasteiger partial charge in [0.05, 0.1) is 12.5 Å². The van der Waals surface area contributed by atoms with Crippen LogP contribution in [-0.2, 0) is 9.53 Å². The number of hydrogen-bond donors (Lipinski definition) is 0. The van der Waals surface area contributed by atoms with E-state index in [1.165, 1.54) is 5.56 Å².